The Hall–Kier alpha value is -3.08. The molecule has 4 aliphatic heterocycles. The number of piperazine rings is 1. The van der Waals surface area contributed by atoms with Gasteiger partial charge in [0.05, 0.1) is 18.3 Å². The summed E-state index contributed by atoms with van der Waals surface area (Å²) in [6.45, 7) is 8.01. The Balaban J connectivity index is 1.34. The second-order valence-electron chi connectivity index (χ2n) is 10.0. The number of hydrogen-bond acceptors (Lipinski definition) is 7. The van der Waals surface area contributed by atoms with Crippen LogP contribution in [0.4, 0.5) is 15.3 Å². The van der Waals surface area contributed by atoms with Crippen LogP contribution in [-0.2, 0) is 16.1 Å². The number of ether oxygens (including phenoxy) is 2. The Morgan fingerprint density at radius 2 is 1.97 bits per heavy atom. The highest BCUT2D eigenvalue weighted by Crippen LogP contribution is 2.43. The number of nitrogens with zero attached hydrogens (tertiary/aromatic N) is 3. The van der Waals surface area contributed by atoms with E-state index in [1.165, 1.54) is 0 Å². The van der Waals surface area contributed by atoms with Crippen LogP contribution in [0.1, 0.15) is 49.5 Å². The molecule has 0 saturated carbocycles. The molecule has 11 heteroatoms. The molecule has 4 amide bonds. The Morgan fingerprint density at radius 3 is 2.74 bits per heavy atom. The van der Waals surface area contributed by atoms with Gasteiger partial charge in [0.25, 0.3) is 5.91 Å². The zero-order valence-electron chi connectivity index (χ0n) is 19.6. The fourth-order valence-corrected chi connectivity index (χ4v) is 6.11. The number of rotatable bonds is 1. The predicted molar refractivity (Wildman–Crippen MR) is 123 cm³/mol. The molecule has 0 aromatic heterocycles. The van der Waals surface area contributed by atoms with Crippen molar-refractivity contribution < 1.29 is 28.7 Å². The van der Waals surface area contributed by atoms with Crippen molar-refractivity contribution in [3.05, 3.63) is 23.3 Å². The van der Waals surface area contributed by atoms with Crippen LogP contribution in [0.5, 0.6) is 5.75 Å². The maximum Gasteiger partial charge on any atom is 0.410 e. The summed E-state index contributed by atoms with van der Waals surface area (Å²) in [4.78, 5) is 55.2. The molecule has 4 aliphatic rings. The molecule has 5 rings (SSSR count). The molecule has 34 heavy (non-hydrogen) atoms. The summed E-state index contributed by atoms with van der Waals surface area (Å²) >= 11 is 0. The van der Waals surface area contributed by atoms with E-state index in [0.29, 0.717) is 50.5 Å². The van der Waals surface area contributed by atoms with Crippen LogP contribution in [0.25, 0.3) is 0 Å². The van der Waals surface area contributed by atoms with E-state index in [9.17, 15) is 19.2 Å². The molecule has 2 fully saturated rings. The van der Waals surface area contributed by atoms with Crippen molar-refractivity contribution in [2.75, 3.05) is 31.1 Å². The summed E-state index contributed by atoms with van der Waals surface area (Å²) < 4.78 is 11.7. The van der Waals surface area contributed by atoms with Crippen LogP contribution >= 0.6 is 0 Å². The maximum atomic E-state index is 13.2. The predicted octanol–water partition coefficient (Wildman–Crippen LogP) is 1.52. The lowest BCUT2D eigenvalue weighted by Crippen LogP contribution is -2.59. The summed E-state index contributed by atoms with van der Waals surface area (Å²) in [5.41, 5.74) is 1.18. The highest BCUT2D eigenvalue weighted by atomic mass is 28.2. The highest BCUT2D eigenvalue weighted by molar-refractivity contribution is 6.75. The normalized spacial score (nSPS) is 24.6. The van der Waals surface area contributed by atoms with Crippen LogP contribution in [0.2, 0.25) is 0 Å². The molecule has 180 valence electrons. The minimum Gasteiger partial charge on any atom is -0.489 e. The van der Waals surface area contributed by atoms with E-state index in [1.54, 1.807) is 9.80 Å². The van der Waals surface area contributed by atoms with E-state index < -0.39 is 5.60 Å². The fourth-order valence-electron chi connectivity index (χ4n) is 4.95. The summed E-state index contributed by atoms with van der Waals surface area (Å²) in [5.74, 6) is 0.284. The monoisotopic (exact) mass is 484 g/mol. The molecular formula is C23H28N4O6Si. The second kappa shape index (κ2) is 8.29. The maximum absolute atomic E-state index is 13.2. The average Bonchev–Trinajstić information content (AvgIpc) is 3.01. The van der Waals surface area contributed by atoms with Crippen molar-refractivity contribution in [1.29, 1.82) is 0 Å². The van der Waals surface area contributed by atoms with Gasteiger partial charge in [0.15, 0.2) is 15.1 Å². The summed E-state index contributed by atoms with van der Waals surface area (Å²) in [6.07, 6.45) is 0.370. The van der Waals surface area contributed by atoms with Gasteiger partial charge in [-0.3, -0.25) is 14.4 Å². The molecule has 1 aromatic rings. The van der Waals surface area contributed by atoms with Crippen LogP contribution in [-0.4, -0.2) is 86.3 Å². The number of carbonyl (C=O) groups excluding carboxylic acids is 4. The Morgan fingerprint density at radius 1 is 1.18 bits per heavy atom. The Kier molecular flexibility index (Phi) is 5.54. The topological polar surface area (TPSA) is 108 Å². The number of carbonyl (C=O) groups is 4. The zero-order valence-corrected chi connectivity index (χ0v) is 20.6. The van der Waals surface area contributed by atoms with Gasteiger partial charge in [-0.25, -0.2) is 4.79 Å². The lowest BCUT2D eigenvalue weighted by Gasteiger charge is -2.45. The molecule has 0 unspecified atom stereocenters. The first-order chi connectivity index (χ1) is 16.1. The van der Waals surface area contributed by atoms with Crippen molar-refractivity contribution >= 4 is 38.6 Å². The van der Waals surface area contributed by atoms with Gasteiger partial charge < -0.3 is 29.5 Å². The first-order valence-electron chi connectivity index (χ1n) is 11.6. The number of hydrogen-bond donors (Lipinski definition) is 1. The molecule has 10 nitrogen and oxygen atoms in total. The van der Waals surface area contributed by atoms with Crippen LogP contribution in [0, 0.1) is 0 Å². The van der Waals surface area contributed by atoms with Crippen LogP contribution in [0.3, 0.4) is 0 Å². The van der Waals surface area contributed by atoms with Crippen LogP contribution < -0.4 is 15.0 Å². The van der Waals surface area contributed by atoms with E-state index in [1.807, 2.05) is 32.9 Å². The summed E-state index contributed by atoms with van der Waals surface area (Å²) in [7, 11) is -0.174. The molecule has 1 aromatic carbocycles. The van der Waals surface area contributed by atoms with Gasteiger partial charge in [0, 0.05) is 42.8 Å². The average molecular weight is 485 g/mol. The van der Waals surface area contributed by atoms with Crippen molar-refractivity contribution in [3.8, 4) is 5.75 Å². The minimum atomic E-state index is -0.547. The number of fused-ring (bicyclic) bond motifs is 5. The summed E-state index contributed by atoms with van der Waals surface area (Å²) in [6, 6.07) is 3.74. The Bertz CT molecular complexity index is 1070. The molecule has 2 radical (unpaired) electrons. The minimum absolute atomic E-state index is 0.00178. The van der Waals surface area contributed by atoms with E-state index in [4.69, 9.17) is 9.47 Å². The first-order valence-corrected chi connectivity index (χ1v) is 12.6. The third-order valence-electron chi connectivity index (χ3n) is 6.50. The molecule has 0 bridgehead atoms. The quantitative estimate of drug-likeness (QED) is 0.602. The molecular weight excluding hydrogens is 456 g/mol. The van der Waals surface area contributed by atoms with E-state index in [0.717, 1.165) is 11.3 Å². The third kappa shape index (κ3) is 4.12. The molecule has 2 atom stereocenters. The number of imide groups is 1. The molecule has 4 heterocycles. The fraction of sp³-hybridized carbons (Fsp3) is 0.565. The summed E-state index contributed by atoms with van der Waals surface area (Å²) in [5, 5.41) is 2.36. The first kappa shape index (κ1) is 22.7. The standard InChI is InChI=1S/C23H28N4O6Si/c1-23(2,3)33-22(31)25-8-9-26-13(10-25)12-32-19-15-11-27(20(29)14(15)4-5-16(19)26)18-7-6-17(28)24-21(30)34-18/h4-5,13,18H,6-12H2,1-3H3,(H,24,28,30)/t13-,18-/m1/s1. The van der Waals surface area contributed by atoms with Gasteiger partial charge >= 0.3 is 6.09 Å². The van der Waals surface area contributed by atoms with Crippen molar-refractivity contribution in [1.82, 2.24) is 15.1 Å². The van der Waals surface area contributed by atoms with Crippen molar-refractivity contribution in [2.45, 2.75) is 57.5 Å². The number of amides is 4. The number of anilines is 1. The molecule has 0 spiro atoms. The van der Waals surface area contributed by atoms with Gasteiger partial charge in [-0.2, -0.15) is 0 Å². The third-order valence-corrected chi connectivity index (χ3v) is 7.82. The van der Waals surface area contributed by atoms with Crippen LogP contribution in [0.15, 0.2) is 12.1 Å². The number of nitrogens with one attached hydrogen (secondary N) is 1. The number of benzene rings is 1. The molecule has 2 saturated heterocycles. The van der Waals surface area contributed by atoms with E-state index in [-0.39, 0.29) is 51.1 Å². The van der Waals surface area contributed by atoms with Gasteiger partial charge in [-0.05, 0) is 39.3 Å². The van der Waals surface area contributed by atoms with Gasteiger partial charge in [0.1, 0.15) is 18.0 Å². The van der Waals surface area contributed by atoms with Crippen molar-refractivity contribution in [2.24, 2.45) is 0 Å². The van der Waals surface area contributed by atoms with Gasteiger partial charge in [-0.15, -0.1) is 0 Å². The van der Waals surface area contributed by atoms with Gasteiger partial charge in [-0.1, -0.05) is 0 Å². The SMILES string of the molecule is CC(C)(C)OC(=O)N1CCN2c3ccc4c(c3OC[C@H]2C1)CN([C@H]1CCC(=O)NC(=O)[Si]1)C4=O. The Labute approximate surface area is 200 Å². The lowest BCUT2D eigenvalue weighted by atomic mass is 10.0. The molecule has 0 aliphatic carbocycles. The lowest BCUT2D eigenvalue weighted by molar-refractivity contribution is -0.119. The highest BCUT2D eigenvalue weighted by Gasteiger charge is 2.42. The second-order valence-corrected chi connectivity index (χ2v) is 11.4. The van der Waals surface area contributed by atoms with Gasteiger partial charge in [0.2, 0.25) is 5.91 Å². The molecule has 1 N–H and O–H groups in total. The van der Waals surface area contributed by atoms with E-state index >= 15 is 0 Å². The zero-order chi connectivity index (χ0) is 24.2. The van der Waals surface area contributed by atoms with E-state index in [2.05, 4.69) is 10.2 Å². The van der Waals surface area contributed by atoms with Crippen molar-refractivity contribution in [3.63, 3.8) is 0 Å². The smallest absolute Gasteiger partial charge is 0.410 e. The largest absolute Gasteiger partial charge is 0.489 e.